The van der Waals surface area contributed by atoms with Crippen LogP contribution in [-0.4, -0.2) is 61.5 Å². The smallest absolute Gasteiger partial charge is 0.0897 e. The van der Waals surface area contributed by atoms with E-state index in [4.69, 9.17) is 4.74 Å². The first-order chi connectivity index (χ1) is 9.74. The van der Waals surface area contributed by atoms with Crippen molar-refractivity contribution >= 4 is 0 Å². The number of nitrogens with one attached hydrogen (secondary N) is 1. The normalized spacial score (nSPS) is 29.7. The average Bonchev–Trinajstić information content (AvgIpc) is 2.95. The monoisotopic (exact) mass is 284 g/mol. The minimum atomic E-state index is -0.370. The molecule has 20 heavy (non-hydrogen) atoms. The molecule has 2 aliphatic rings. The minimum absolute atomic E-state index is 0.370. The highest BCUT2D eigenvalue weighted by Gasteiger charge is 2.20. The van der Waals surface area contributed by atoms with Gasteiger partial charge in [-0.05, 0) is 44.7 Å². The van der Waals surface area contributed by atoms with Gasteiger partial charge in [0.1, 0.15) is 0 Å². The van der Waals surface area contributed by atoms with Crippen LogP contribution < -0.4 is 5.32 Å². The topological polar surface area (TPSA) is 44.7 Å². The second kappa shape index (κ2) is 8.98. The van der Waals surface area contributed by atoms with E-state index in [1.54, 1.807) is 0 Å². The maximum atomic E-state index is 9.94. The Labute approximate surface area is 123 Å². The van der Waals surface area contributed by atoms with Gasteiger partial charge in [-0.15, -0.1) is 0 Å². The Hall–Kier alpha value is -0.160. The van der Waals surface area contributed by atoms with Crippen LogP contribution >= 0.6 is 0 Å². The second-order valence-electron chi connectivity index (χ2n) is 6.63. The van der Waals surface area contributed by atoms with Gasteiger partial charge in [-0.1, -0.05) is 19.8 Å². The molecule has 1 aliphatic carbocycles. The summed E-state index contributed by atoms with van der Waals surface area (Å²) < 4.78 is 5.85. The number of likely N-dealkylation sites (tertiary alicyclic amines) is 1. The number of nitrogens with zero attached hydrogens (tertiary/aromatic N) is 1. The third-order valence-electron chi connectivity index (χ3n) is 4.60. The van der Waals surface area contributed by atoms with E-state index in [-0.39, 0.29) is 6.10 Å². The van der Waals surface area contributed by atoms with Crippen molar-refractivity contribution in [3.05, 3.63) is 0 Å². The quantitative estimate of drug-likeness (QED) is 0.665. The summed E-state index contributed by atoms with van der Waals surface area (Å²) in [6.45, 7) is 7.99. The maximum absolute atomic E-state index is 9.94. The number of rotatable bonds is 8. The van der Waals surface area contributed by atoms with E-state index in [1.807, 2.05) is 0 Å². The Bertz CT molecular complexity index is 257. The van der Waals surface area contributed by atoms with Crippen LogP contribution in [0.3, 0.4) is 0 Å². The highest BCUT2D eigenvalue weighted by molar-refractivity contribution is 4.72. The number of hydrogen-bond donors (Lipinski definition) is 2. The van der Waals surface area contributed by atoms with E-state index in [0.717, 1.165) is 25.4 Å². The Morgan fingerprint density at radius 2 is 2.05 bits per heavy atom. The largest absolute Gasteiger partial charge is 0.389 e. The van der Waals surface area contributed by atoms with E-state index in [0.29, 0.717) is 19.3 Å². The third kappa shape index (κ3) is 6.08. The highest BCUT2D eigenvalue weighted by atomic mass is 16.5. The molecule has 3 unspecified atom stereocenters. The molecule has 1 saturated carbocycles. The zero-order chi connectivity index (χ0) is 14.2. The van der Waals surface area contributed by atoms with Gasteiger partial charge in [0.05, 0.1) is 18.8 Å². The minimum Gasteiger partial charge on any atom is -0.389 e. The maximum Gasteiger partial charge on any atom is 0.0897 e. The van der Waals surface area contributed by atoms with Crippen LogP contribution in [0.1, 0.15) is 45.4 Å². The van der Waals surface area contributed by atoms with Gasteiger partial charge in [0.15, 0.2) is 0 Å². The van der Waals surface area contributed by atoms with Crippen molar-refractivity contribution in [3.63, 3.8) is 0 Å². The summed E-state index contributed by atoms with van der Waals surface area (Å²) in [7, 11) is 0. The van der Waals surface area contributed by atoms with Crippen molar-refractivity contribution in [2.45, 2.75) is 57.7 Å². The molecule has 0 amide bonds. The molecule has 3 atom stereocenters. The molecule has 1 heterocycles. The summed E-state index contributed by atoms with van der Waals surface area (Å²) >= 11 is 0. The Morgan fingerprint density at radius 3 is 2.80 bits per heavy atom. The van der Waals surface area contributed by atoms with Crippen LogP contribution in [0.5, 0.6) is 0 Å². The van der Waals surface area contributed by atoms with E-state index >= 15 is 0 Å². The molecule has 118 valence electrons. The zero-order valence-electron chi connectivity index (χ0n) is 13.0. The molecule has 0 spiro atoms. The zero-order valence-corrected chi connectivity index (χ0v) is 13.0. The van der Waals surface area contributed by atoms with Gasteiger partial charge in [0.25, 0.3) is 0 Å². The van der Waals surface area contributed by atoms with Gasteiger partial charge in [0.2, 0.25) is 0 Å². The van der Waals surface area contributed by atoms with Crippen molar-refractivity contribution in [1.29, 1.82) is 0 Å². The molecule has 0 aromatic carbocycles. The summed E-state index contributed by atoms with van der Waals surface area (Å²) in [4.78, 5) is 2.49. The van der Waals surface area contributed by atoms with Crippen LogP contribution in [0.25, 0.3) is 0 Å². The molecular weight excluding hydrogens is 252 g/mol. The van der Waals surface area contributed by atoms with E-state index < -0.39 is 0 Å². The molecule has 1 aliphatic heterocycles. The van der Waals surface area contributed by atoms with Gasteiger partial charge >= 0.3 is 0 Å². The Morgan fingerprint density at radius 1 is 1.25 bits per heavy atom. The molecular formula is C16H32N2O2. The standard InChI is InChI=1S/C16H32N2O2/c1-14-5-4-6-16(11-14)20-13-15(19)12-17-7-10-18-8-2-3-9-18/h14-17,19H,2-13H2,1H3. The number of aliphatic hydroxyl groups is 1. The number of aliphatic hydroxyl groups excluding tert-OH is 1. The fraction of sp³-hybridized carbons (Fsp3) is 1.00. The van der Waals surface area contributed by atoms with Gasteiger partial charge in [-0.25, -0.2) is 0 Å². The molecule has 0 radical (unpaired) electrons. The summed E-state index contributed by atoms with van der Waals surface area (Å²) in [5, 5.41) is 13.3. The predicted octanol–water partition coefficient (Wildman–Crippen LogP) is 1.63. The first kappa shape index (κ1) is 16.2. The van der Waals surface area contributed by atoms with E-state index in [9.17, 15) is 5.11 Å². The second-order valence-corrected chi connectivity index (χ2v) is 6.63. The first-order valence-corrected chi connectivity index (χ1v) is 8.47. The lowest BCUT2D eigenvalue weighted by Gasteiger charge is -2.27. The van der Waals surface area contributed by atoms with E-state index in [2.05, 4.69) is 17.1 Å². The van der Waals surface area contributed by atoms with Crippen molar-refractivity contribution in [3.8, 4) is 0 Å². The summed E-state index contributed by atoms with van der Waals surface area (Å²) in [5.74, 6) is 0.782. The molecule has 1 saturated heterocycles. The first-order valence-electron chi connectivity index (χ1n) is 8.47. The summed E-state index contributed by atoms with van der Waals surface area (Å²) in [6.07, 6.45) is 7.63. The molecule has 4 heteroatoms. The molecule has 0 aromatic rings. The molecule has 0 bridgehead atoms. The summed E-state index contributed by atoms with van der Waals surface area (Å²) in [5.41, 5.74) is 0. The summed E-state index contributed by atoms with van der Waals surface area (Å²) in [6, 6.07) is 0. The van der Waals surface area contributed by atoms with Crippen molar-refractivity contribution in [1.82, 2.24) is 10.2 Å². The van der Waals surface area contributed by atoms with Gasteiger partial charge in [-0.3, -0.25) is 0 Å². The van der Waals surface area contributed by atoms with Gasteiger partial charge in [0, 0.05) is 19.6 Å². The molecule has 0 aromatic heterocycles. The third-order valence-corrected chi connectivity index (χ3v) is 4.60. The van der Waals surface area contributed by atoms with Crippen LogP contribution in [0.2, 0.25) is 0 Å². The van der Waals surface area contributed by atoms with E-state index in [1.165, 1.54) is 45.2 Å². The molecule has 2 N–H and O–H groups in total. The van der Waals surface area contributed by atoms with Crippen molar-refractivity contribution in [2.24, 2.45) is 5.92 Å². The number of hydrogen-bond acceptors (Lipinski definition) is 4. The lowest BCUT2D eigenvalue weighted by molar-refractivity contribution is -0.0306. The lowest BCUT2D eigenvalue weighted by atomic mass is 9.89. The SMILES string of the molecule is CC1CCCC(OCC(O)CNCCN2CCCC2)C1. The van der Waals surface area contributed by atoms with Crippen LogP contribution in [0.15, 0.2) is 0 Å². The van der Waals surface area contributed by atoms with Crippen molar-refractivity contribution < 1.29 is 9.84 Å². The Balaban J connectivity index is 1.46. The van der Waals surface area contributed by atoms with Gasteiger partial charge < -0.3 is 20.1 Å². The Kier molecular flexibility index (Phi) is 7.28. The molecule has 2 rings (SSSR count). The highest BCUT2D eigenvalue weighted by Crippen LogP contribution is 2.25. The van der Waals surface area contributed by atoms with Crippen LogP contribution in [-0.2, 0) is 4.74 Å². The predicted molar refractivity (Wildman–Crippen MR) is 81.9 cm³/mol. The number of ether oxygens (including phenoxy) is 1. The van der Waals surface area contributed by atoms with Crippen molar-refractivity contribution in [2.75, 3.05) is 39.3 Å². The molecule has 2 fully saturated rings. The van der Waals surface area contributed by atoms with Crippen LogP contribution in [0, 0.1) is 5.92 Å². The fourth-order valence-electron chi connectivity index (χ4n) is 3.35. The average molecular weight is 284 g/mol. The lowest BCUT2D eigenvalue weighted by Crippen LogP contribution is -2.36. The molecule has 4 nitrogen and oxygen atoms in total. The van der Waals surface area contributed by atoms with Gasteiger partial charge in [-0.2, -0.15) is 0 Å². The van der Waals surface area contributed by atoms with Crippen LogP contribution in [0.4, 0.5) is 0 Å². The fourth-order valence-corrected chi connectivity index (χ4v) is 3.35.